The lowest BCUT2D eigenvalue weighted by Crippen LogP contribution is -2.11. The Morgan fingerprint density at radius 2 is 2.18 bits per heavy atom. The molecule has 0 saturated carbocycles. The van der Waals surface area contributed by atoms with Crippen LogP contribution in [0.2, 0.25) is 5.02 Å². The highest BCUT2D eigenvalue weighted by atomic mass is 35.5. The van der Waals surface area contributed by atoms with E-state index in [0.29, 0.717) is 17.3 Å². The Kier molecular flexibility index (Phi) is 3.15. The van der Waals surface area contributed by atoms with Gasteiger partial charge in [0, 0.05) is 5.02 Å². The summed E-state index contributed by atoms with van der Waals surface area (Å²) in [6, 6.07) is 8.86. The standard InChI is InChI=1S/C12H11ClN2O2/c1-8-6-11(12(16)17)15(14-8)7-9-4-2-3-5-10(9)13/h2-6H,7H2,1H3,(H,16,17). The molecule has 0 bridgehead atoms. The molecule has 17 heavy (non-hydrogen) atoms. The van der Waals surface area contributed by atoms with E-state index in [2.05, 4.69) is 5.10 Å². The van der Waals surface area contributed by atoms with Crippen LogP contribution in [0.15, 0.2) is 30.3 Å². The van der Waals surface area contributed by atoms with E-state index in [-0.39, 0.29) is 5.69 Å². The molecule has 1 aromatic carbocycles. The summed E-state index contributed by atoms with van der Waals surface area (Å²) >= 11 is 6.02. The highest BCUT2D eigenvalue weighted by Crippen LogP contribution is 2.17. The zero-order valence-corrected chi connectivity index (χ0v) is 9.98. The van der Waals surface area contributed by atoms with Crippen molar-refractivity contribution in [1.82, 2.24) is 9.78 Å². The van der Waals surface area contributed by atoms with Crippen molar-refractivity contribution in [2.24, 2.45) is 0 Å². The monoisotopic (exact) mass is 250 g/mol. The first-order valence-corrected chi connectivity index (χ1v) is 5.47. The first-order valence-electron chi connectivity index (χ1n) is 5.09. The lowest BCUT2D eigenvalue weighted by molar-refractivity contribution is 0.0684. The molecule has 1 aromatic heterocycles. The van der Waals surface area contributed by atoms with E-state index in [1.54, 1.807) is 19.1 Å². The second-order valence-electron chi connectivity index (χ2n) is 3.73. The summed E-state index contributed by atoms with van der Waals surface area (Å²) < 4.78 is 1.44. The Morgan fingerprint density at radius 3 is 2.82 bits per heavy atom. The number of aryl methyl sites for hydroxylation is 1. The molecule has 0 amide bonds. The number of rotatable bonds is 3. The second kappa shape index (κ2) is 4.59. The lowest BCUT2D eigenvalue weighted by atomic mass is 10.2. The molecule has 0 aliphatic rings. The number of nitrogens with zero attached hydrogens (tertiary/aromatic N) is 2. The molecule has 0 aliphatic heterocycles. The highest BCUT2D eigenvalue weighted by molar-refractivity contribution is 6.31. The quantitative estimate of drug-likeness (QED) is 0.911. The van der Waals surface area contributed by atoms with Crippen LogP contribution in [-0.2, 0) is 6.54 Å². The number of aromatic carboxylic acids is 1. The summed E-state index contributed by atoms with van der Waals surface area (Å²) in [7, 11) is 0. The maximum atomic E-state index is 11.0. The summed E-state index contributed by atoms with van der Waals surface area (Å²) in [5.41, 5.74) is 1.69. The second-order valence-corrected chi connectivity index (χ2v) is 4.13. The van der Waals surface area contributed by atoms with Gasteiger partial charge in [-0.25, -0.2) is 4.79 Å². The number of aromatic nitrogens is 2. The fourth-order valence-electron chi connectivity index (χ4n) is 1.63. The van der Waals surface area contributed by atoms with Crippen molar-refractivity contribution >= 4 is 17.6 Å². The van der Waals surface area contributed by atoms with E-state index < -0.39 is 5.97 Å². The van der Waals surface area contributed by atoms with Gasteiger partial charge in [0.25, 0.3) is 0 Å². The van der Waals surface area contributed by atoms with Crippen LogP contribution in [0.5, 0.6) is 0 Å². The predicted octanol–water partition coefficient (Wildman–Crippen LogP) is 2.59. The minimum atomic E-state index is -0.988. The number of hydrogen-bond acceptors (Lipinski definition) is 2. The van der Waals surface area contributed by atoms with E-state index in [1.165, 1.54) is 4.68 Å². The maximum Gasteiger partial charge on any atom is 0.354 e. The summed E-state index contributed by atoms with van der Waals surface area (Å²) in [4.78, 5) is 11.0. The van der Waals surface area contributed by atoms with E-state index in [0.717, 1.165) is 5.56 Å². The Bertz CT molecular complexity index is 563. The van der Waals surface area contributed by atoms with Gasteiger partial charge in [0.15, 0.2) is 0 Å². The van der Waals surface area contributed by atoms with Crippen LogP contribution < -0.4 is 0 Å². The van der Waals surface area contributed by atoms with Gasteiger partial charge in [-0.2, -0.15) is 5.10 Å². The number of benzene rings is 1. The molecule has 4 nitrogen and oxygen atoms in total. The van der Waals surface area contributed by atoms with Crippen molar-refractivity contribution < 1.29 is 9.90 Å². The fourth-order valence-corrected chi connectivity index (χ4v) is 1.82. The average Bonchev–Trinajstić information content (AvgIpc) is 2.63. The Labute approximate surface area is 103 Å². The molecule has 0 aliphatic carbocycles. The number of hydrogen-bond donors (Lipinski definition) is 1. The number of carbonyl (C=O) groups is 1. The van der Waals surface area contributed by atoms with Crippen LogP contribution in [0, 0.1) is 6.92 Å². The largest absolute Gasteiger partial charge is 0.477 e. The summed E-state index contributed by atoms with van der Waals surface area (Å²) in [6.07, 6.45) is 0. The molecular weight excluding hydrogens is 240 g/mol. The van der Waals surface area contributed by atoms with E-state index in [4.69, 9.17) is 16.7 Å². The van der Waals surface area contributed by atoms with E-state index >= 15 is 0 Å². The molecule has 1 heterocycles. The third-order valence-corrected chi connectivity index (χ3v) is 2.77. The summed E-state index contributed by atoms with van der Waals surface area (Å²) in [6.45, 7) is 2.12. The normalized spacial score (nSPS) is 10.5. The molecular formula is C12H11ClN2O2. The molecule has 0 unspecified atom stereocenters. The van der Waals surface area contributed by atoms with Crippen molar-refractivity contribution in [1.29, 1.82) is 0 Å². The smallest absolute Gasteiger partial charge is 0.354 e. The lowest BCUT2D eigenvalue weighted by Gasteiger charge is -2.06. The Hall–Kier alpha value is -1.81. The molecule has 2 aromatic rings. The summed E-state index contributed by atoms with van der Waals surface area (Å²) in [5, 5.41) is 13.8. The molecule has 0 saturated heterocycles. The molecule has 0 fully saturated rings. The third-order valence-electron chi connectivity index (χ3n) is 2.40. The number of carboxylic acid groups (broad SMARTS) is 1. The van der Waals surface area contributed by atoms with Gasteiger partial charge in [-0.15, -0.1) is 0 Å². The molecule has 0 spiro atoms. The van der Waals surface area contributed by atoms with Gasteiger partial charge in [-0.3, -0.25) is 4.68 Å². The Balaban J connectivity index is 2.36. The number of carboxylic acids is 1. The van der Waals surface area contributed by atoms with Crippen molar-refractivity contribution in [3.8, 4) is 0 Å². The summed E-state index contributed by atoms with van der Waals surface area (Å²) in [5.74, 6) is -0.988. The van der Waals surface area contributed by atoms with E-state index in [9.17, 15) is 4.79 Å². The van der Waals surface area contributed by atoms with Gasteiger partial charge < -0.3 is 5.11 Å². The predicted molar refractivity (Wildman–Crippen MR) is 64.5 cm³/mol. The fraction of sp³-hybridized carbons (Fsp3) is 0.167. The third kappa shape index (κ3) is 2.47. The molecule has 88 valence electrons. The van der Waals surface area contributed by atoms with Gasteiger partial charge in [0.1, 0.15) is 5.69 Å². The van der Waals surface area contributed by atoms with Gasteiger partial charge in [-0.1, -0.05) is 29.8 Å². The molecule has 5 heteroatoms. The molecule has 1 N–H and O–H groups in total. The Morgan fingerprint density at radius 1 is 1.47 bits per heavy atom. The average molecular weight is 251 g/mol. The van der Waals surface area contributed by atoms with Gasteiger partial charge in [-0.05, 0) is 24.6 Å². The number of halogens is 1. The topological polar surface area (TPSA) is 55.1 Å². The molecule has 2 rings (SSSR count). The minimum Gasteiger partial charge on any atom is -0.477 e. The highest BCUT2D eigenvalue weighted by Gasteiger charge is 2.13. The van der Waals surface area contributed by atoms with Crippen LogP contribution in [0.3, 0.4) is 0 Å². The molecule has 0 atom stereocenters. The van der Waals surface area contributed by atoms with E-state index in [1.807, 2.05) is 18.2 Å². The SMILES string of the molecule is Cc1cc(C(=O)O)n(Cc2ccccc2Cl)n1. The van der Waals surface area contributed by atoms with Crippen LogP contribution >= 0.6 is 11.6 Å². The maximum absolute atomic E-state index is 11.0. The van der Waals surface area contributed by atoms with Gasteiger partial charge in [0.2, 0.25) is 0 Å². The zero-order valence-electron chi connectivity index (χ0n) is 9.22. The van der Waals surface area contributed by atoms with Gasteiger partial charge in [0.05, 0.1) is 12.2 Å². The van der Waals surface area contributed by atoms with Crippen molar-refractivity contribution in [3.63, 3.8) is 0 Å². The zero-order chi connectivity index (χ0) is 12.4. The van der Waals surface area contributed by atoms with Crippen LogP contribution in [0.4, 0.5) is 0 Å². The molecule has 0 radical (unpaired) electrons. The van der Waals surface area contributed by atoms with Crippen LogP contribution in [0.1, 0.15) is 21.7 Å². The minimum absolute atomic E-state index is 0.169. The van der Waals surface area contributed by atoms with Crippen LogP contribution in [0.25, 0.3) is 0 Å². The van der Waals surface area contributed by atoms with Crippen molar-refractivity contribution in [2.75, 3.05) is 0 Å². The van der Waals surface area contributed by atoms with Gasteiger partial charge >= 0.3 is 5.97 Å². The van der Waals surface area contributed by atoms with Crippen LogP contribution in [-0.4, -0.2) is 20.9 Å². The van der Waals surface area contributed by atoms with Crippen molar-refractivity contribution in [2.45, 2.75) is 13.5 Å². The first kappa shape index (κ1) is 11.7. The first-order chi connectivity index (χ1) is 8.08. The van der Waals surface area contributed by atoms with Crippen molar-refractivity contribution in [3.05, 3.63) is 52.3 Å².